The number of aliphatic carboxylic acids is 1. The highest BCUT2D eigenvalue weighted by Gasteiger charge is 2.33. The highest BCUT2D eigenvalue weighted by Crippen LogP contribution is 2.44. The molecular weight excluding hydrogens is 484 g/mol. The minimum Gasteiger partial charge on any atom is -0.493 e. The molecule has 0 aliphatic carbocycles. The molecule has 0 bridgehead atoms. The lowest BCUT2D eigenvalue weighted by atomic mass is 9.86. The zero-order valence-electron chi connectivity index (χ0n) is 22.1. The molecule has 0 fully saturated rings. The van der Waals surface area contributed by atoms with Crippen molar-refractivity contribution < 1.29 is 28.9 Å². The summed E-state index contributed by atoms with van der Waals surface area (Å²) in [5.41, 5.74) is 5.16. The van der Waals surface area contributed by atoms with Gasteiger partial charge in [-0.05, 0) is 74.7 Å². The Balaban J connectivity index is 1.84. The topological polar surface area (TPSA) is 108 Å². The van der Waals surface area contributed by atoms with E-state index in [0.717, 1.165) is 45.1 Å². The second-order valence-corrected chi connectivity index (χ2v) is 10.5. The molecule has 2 aromatic heterocycles. The maximum atomic E-state index is 12.7. The summed E-state index contributed by atoms with van der Waals surface area (Å²) in [7, 11) is 0. The van der Waals surface area contributed by atoms with Gasteiger partial charge in [-0.3, -0.25) is 9.78 Å². The molecule has 8 heteroatoms. The average molecular weight is 515 g/mol. The maximum absolute atomic E-state index is 12.7. The number of rotatable bonds is 6. The zero-order chi connectivity index (χ0) is 27.2. The van der Waals surface area contributed by atoms with Gasteiger partial charge in [0.15, 0.2) is 6.10 Å². The number of nitrogens with zero attached hydrogens (tertiary/aromatic N) is 2. The van der Waals surface area contributed by atoms with E-state index in [0.29, 0.717) is 28.9 Å². The number of carbonyl (C=O) groups is 2. The van der Waals surface area contributed by atoms with Gasteiger partial charge >= 0.3 is 11.9 Å². The number of pyridine rings is 2. The van der Waals surface area contributed by atoms with Crippen LogP contribution >= 0.6 is 0 Å². The number of hydrogen-bond donors (Lipinski definition) is 1. The third kappa shape index (κ3) is 4.79. The number of fused-ring (bicyclic) bond motifs is 1. The van der Waals surface area contributed by atoms with Crippen molar-refractivity contribution in [1.82, 2.24) is 9.97 Å². The summed E-state index contributed by atoms with van der Waals surface area (Å²) in [5, 5.41) is 12.0. The number of ether oxygens (including phenoxy) is 3. The Morgan fingerprint density at radius 1 is 1.16 bits per heavy atom. The largest absolute Gasteiger partial charge is 0.493 e. The molecule has 196 valence electrons. The number of carbonyl (C=O) groups excluding carboxylic acids is 1. The standard InChI is InChI=1S/C30H30N2O6/c1-16-14-22-20(7-6-19(32-22)15-37-17(2)33)26(24(16)28(29(34)35)38-30(3,4)5)21-8-9-23-25-18(11-13-36-23)10-12-31-27(21)25/h6-10,12,14,28H,11,13,15H2,1-5H3,(H,34,35). The minimum atomic E-state index is -1.22. The number of carboxylic acid groups (broad SMARTS) is 1. The van der Waals surface area contributed by atoms with E-state index in [4.69, 9.17) is 24.2 Å². The van der Waals surface area contributed by atoms with Crippen LogP contribution < -0.4 is 4.74 Å². The van der Waals surface area contributed by atoms with Gasteiger partial charge in [0, 0.05) is 41.4 Å². The third-order valence-electron chi connectivity index (χ3n) is 6.52. The van der Waals surface area contributed by atoms with Gasteiger partial charge in [0.05, 0.1) is 28.9 Å². The fourth-order valence-corrected chi connectivity index (χ4v) is 5.04. The molecular formula is C30H30N2O6. The lowest BCUT2D eigenvalue weighted by Gasteiger charge is -2.29. The van der Waals surface area contributed by atoms with Crippen molar-refractivity contribution in [2.45, 2.75) is 59.4 Å². The second kappa shape index (κ2) is 9.68. The van der Waals surface area contributed by atoms with Crippen molar-refractivity contribution >= 4 is 33.7 Å². The van der Waals surface area contributed by atoms with E-state index in [1.54, 1.807) is 12.3 Å². The number of hydrogen-bond acceptors (Lipinski definition) is 7. The molecule has 3 heterocycles. The summed E-state index contributed by atoms with van der Waals surface area (Å²) < 4.78 is 17.2. The van der Waals surface area contributed by atoms with Crippen molar-refractivity contribution in [2.75, 3.05) is 6.61 Å². The highest BCUT2D eigenvalue weighted by atomic mass is 16.5. The van der Waals surface area contributed by atoms with Crippen molar-refractivity contribution in [1.29, 1.82) is 0 Å². The number of esters is 1. The Morgan fingerprint density at radius 3 is 2.66 bits per heavy atom. The van der Waals surface area contributed by atoms with Gasteiger partial charge in [-0.25, -0.2) is 9.78 Å². The predicted octanol–water partition coefficient (Wildman–Crippen LogP) is 5.70. The van der Waals surface area contributed by atoms with Gasteiger partial charge in [0.1, 0.15) is 12.4 Å². The molecule has 0 radical (unpaired) electrons. The van der Waals surface area contributed by atoms with E-state index in [2.05, 4.69) is 0 Å². The van der Waals surface area contributed by atoms with Crippen molar-refractivity contribution in [2.24, 2.45) is 0 Å². The molecule has 0 saturated carbocycles. The molecule has 1 unspecified atom stereocenters. The summed E-state index contributed by atoms with van der Waals surface area (Å²) >= 11 is 0. The number of benzene rings is 2. The van der Waals surface area contributed by atoms with Crippen LogP contribution in [0.25, 0.3) is 32.9 Å². The molecule has 5 rings (SSSR count). The molecule has 1 atom stereocenters. The smallest absolute Gasteiger partial charge is 0.337 e. The fourth-order valence-electron chi connectivity index (χ4n) is 5.04. The molecule has 0 saturated heterocycles. The second-order valence-electron chi connectivity index (χ2n) is 10.5. The van der Waals surface area contributed by atoms with Crippen LogP contribution in [0.3, 0.4) is 0 Å². The third-order valence-corrected chi connectivity index (χ3v) is 6.52. The maximum Gasteiger partial charge on any atom is 0.337 e. The molecule has 4 aromatic rings. The van der Waals surface area contributed by atoms with Gasteiger partial charge in [-0.15, -0.1) is 0 Å². The van der Waals surface area contributed by atoms with Crippen LogP contribution in [0.5, 0.6) is 5.75 Å². The Kier molecular flexibility index (Phi) is 6.53. The van der Waals surface area contributed by atoms with E-state index in [-0.39, 0.29) is 12.6 Å². The lowest BCUT2D eigenvalue weighted by Crippen LogP contribution is -2.28. The van der Waals surface area contributed by atoms with E-state index in [1.807, 2.05) is 58.0 Å². The first-order valence-corrected chi connectivity index (χ1v) is 12.5. The average Bonchev–Trinajstić information content (AvgIpc) is 2.85. The molecule has 0 spiro atoms. The van der Waals surface area contributed by atoms with Gasteiger partial charge in [0.2, 0.25) is 0 Å². The van der Waals surface area contributed by atoms with E-state index in [1.165, 1.54) is 6.92 Å². The summed E-state index contributed by atoms with van der Waals surface area (Å²) in [5.74, 6) is -0.707. The van der Waals surface area contributed by atoms with Crippen LogP contribution in [0.4, 0.5) is 0 Å². The van der Waals surface area contributed by atoms with Gasteiger partial charge in [0.25, 0.3) is 0 Å². The monoisotopic (exact) mass is 514 g/mol. The van der Waals surface area contributed by atoms with Gasteiger partial charge in [-0.1, -0.05) is 6.07 Å². The first-order valence-electron chi connectivity index (χ1n) is 12.5. The number of aromatic nitrogens is 2. The molecule has 0 amide bonds. The van der Waals surface area contributed by atoms with E-state index < -0.39 is 17.7 Å². The van der Waals surface area contributed by atoms with Crippen LogP contribution in [0, 0.1) is 6.92 Å². The Morgan fingerprint density at radius 2 is 1.95 bits per heavy atom. The van der Waals surface area contributed by atoms with E-state index in [9.17, 15) is 14.7 Å². The summed E-state index contributed by atoms with van der Waals surface area (Å²) in [6.07, 6.45) is 1.32. The number of carboxylic acids is 1. The first-order chi connectivity index (χ1) is 18.0. The van der Waals surface area contributed by atoms with Crippen LogP contribution in [0.2, 0.25) is 0 Å². The molecule has 1 aliphatic rings. The Hall–Kier alpha value is -4.04. The normalized spacial score (nSPS) is 13.8. The van der Waals surface area contributed by atoms with Crippen LogP contribution in [-0.4, -0.2) is 39.2 Å². The fraction of sp³-hybridized carbons (Fsp3) is 0.333. The van der Waals surface area contributed by atoms with Crippen molar-refractivity contribution in [3.8, 4) is 16.9 Å². The zero-order valence-corrected chi connectivity index (χ0v) is 22.1. The van der Waals surface area contributed by atoms with Crippen LogP contribution in [0.15, 0.2) is 42.6 Å². The van der Waals surface area contributed by atoms with Crippen LogP contribution in [0.1, 0.15) is 56.2 Å². The van der Waals surface area contributed by atoms with Crippen LogP contribution in [-0.2, 0) is 32.1 Å². The van der Waals surface area contributed by atoms with E-state index >= 15 is 0 Å². The minimum absolute atomic E-state index is 0.0478. The van der Waals surface area contributed by atoms with Gasteiger partial charge < -0.3 is 19.3 Å². The highest BCUT2D eigenvalue weighted by molar-refractivity contribution is 6.08. The Bertz CT molecular complexity index is 1580. The van der Waals surface area contributed by atoms with Crippen molar-refractivity contribution in [3.05, 3.63) is 65.0 Å². The molecule has 38 heavy (non-hydrogen) atoms. The lowest BCUT2D eigenvalue weighted by molar-refractivity contribution is -0.160. The first kappa shape index (κ1) is 25.6. The summed E-state index contributed by atoms with van der Waals surface area (Å²) in [4.78, 5) is 33.5. The van der Waals surface area contributed by atoms with Crippen molar-refractivity contribution in [3.63, 3.8) is 0 Å². The quantitative estimate of drug-likeness (QED) is 0.327. The predicted molar refractivity (Wildman–Crippen MR) is 143 cm³/mol. The molecule has 2 aromatic carbocycles. The Labute approximate surface area is 220 Å². The summed E-state index contributed by atoms with van der Waals surface area (Å²) in [6, 6.07) is 11.4. The SMILES string of the molecule is CC(=O)OCc1ccc2c(-c3ccc4c5c(ccnc35)CCO4)c(C(OC(C)(C)C)C(=O)O)c(C)cc2n1. The van der Waals surface area contributed by atoms with Gasteiger partial charge in [-0.2, -0.15) is 0 Å². The number of aryl methyl sites for hydroxylation is 1. The molecule has 1 aliphatic heterocycles. The molecule has 1 N–H and O–H groups in total. The summed E-state index contributed by atoms with van der Waals surface area (Å²) in [6.45, 7) is 9.37. The molecule has 8 nitrogen and oxygen atoms in total.